The van der Waals surface area contributed by atoms with Gasteiger partial charge in [-0.05, 0) is 30.4 Å². The van der Waals surface area contributed by atoms with Crippen molar-refractivity contribution in [2.75, 3.05) is 6.54 Å². The molecular formula is C23H30N4O3S. The Bertz CT molecular complexity index is 925. The summed E-state index contributed by atoms with van der Waals surface area (Å²) in [4.78, 5) is 32.6. The van der Waals surface area contributed by atoms with Crippen molar-refractivity contribution in [2.24, 2.45) is 11.7 Å². The molecule has 4 rings (SSSR count). The van der Waals surface area contributed by atoms with Gasteiger partial charge in [-0.3, -0.25) is 9.59 Å². The maximum absolute atomic E-state index is 12.8. The van der Waals surface area contributed by atoms with E-state index in [4.69, 9.17) is 5.73 Å². The molecule has 0 bridgehead atoms. The van der Waals surface area contributed by atoms with Crippen LogP contribution in [0.25, 0.3) is 10.4 Å². The number of aliphatic hydroxyl groups excluding tert-OH is 1. The van der Waals surface area contributed by atoms with Gasteiger partial charge in [-0.1, -0.05) is 43.5 Å². The van der Waals surface area contributed by atoms with Crippen LogP contribution in [0.4, 0.5) is 0 Å². The number of aromatic nitrogens is 1. The van der Waals surface area contributed by atoms with Gasteiger partial charge in [0.2, 0.25) is 11.8 Å². The van der Waals surface area contributed by atoms with Crippen LogP contribution in [0.1, 0.15) is 43.4 Å². The molecule has 166 valence electrons. The third-order valence-electron chi connectivity index (χ3n) is 6.42. The summed E-state index contributed by atoms with van der Waals surface area (Å²) in [6, 6.07) is 6.74. The van der Waals surface area contributed by atoms with Crippen LogP contribution in [0, 0.1) is 12.8 Å². The van der Waals surface area contributed by atoms with Crippen molar-refractivity contribution in [3.8, 4) is 10.4 Å². The van der Waals surface area contributed by atoms with Gasteiger partial charge in [0.15, 0.2) is 0 Å². The lowest BCUT2D eigenvalue weighted by Gasteiger charge is -2.31. The average Bonchev–Trinajstić information content (AvgIpc) is 3.34. The third-order valence-corrected chi connectivity index (χ3v) is 7.40. The Morgan fingerprint density at radius 3 is 2.68 bits per heavy atom. The first-order valence-corrected chi connectivity index (χ1v) is 11.8. The van der Waals surface area contributed by atoms with E-state index in [1.54, 1.807) is 11.3 Å². The Kier molecular flexibility index (Phi) is 6.69. The van der Waals surface area contributed by atoms with Crippen LogP contribution in [-0.4, -0.2) is 51.5 Å². The Morgan fingerprint density at radius 2 is 2.06 bits per heavy atom. The summed E-state index contributed by atoms with van der Waals surface area (Å²) >= 11 is 1.61. The molecule has 2 aromatic rings. The molecule has 1 saturated carbocycles. The van der Waals surface area contributed by atoms with Gasteiger partial charge in [0.25, 0.3) is 0 Å². The van der Waals surface area contributed by atoms with Gasteiger partial charge in [0, 0.05) is 19.5 Å². The monoisotopic (exact) mass is 442 g/mol. The minimum Gasteiger partial charge on any atom is -0.391 e. The van der Waals surface area contributed by atoms with Crippen molar-refractivity contribution in [2.45, 2.75) is 63.8 Å². The third kappa shape index (κ3) is 4.97. The number of nitrogens with zero attached hydrogens (tertiary/aromatic N) is 2. The molecule has 1 aromatic heterocycles. The number of benzene rings is 1. The molecule has 4 N–H and O–H groups in total. The number of β-amino-alcohol motifs (C(OH)–C–C–N with tert-alkyl or cyclic N) is 1. The fourth-order valence-electron chi connectivity index (χ4n) is 4.37. The molecule has 2 aliphatic rings. The zero-order valence-corrected chi connectivity index (χ0v) is 18.6. The number of aryl methyl sites for hydroxylation is 1. The molecule has 0 unspecified atom stereocenters. The summed E-state index contributed by atoms with van der Waals surface area (Å²) in [6.45, 7) is 2.52. The molecule has 2 heterocycles. The number of amides is 2. The molecule has 2 amide bonds. The first-order valence-electron chi connectivity index (χ1n) is 10.9. The lowest BCUT2D eigenvalue weighted by molar-refractivity contribution is -0.140. The maximum atomic E-state index is 12.8. The van der Waals surface area contributed by atoms with Gasteiger partial charge in [-0.2, -0.15) is 0 Å². The largest absolute Gasteiger partial charge is 0.391 e. The van der Waals surface area contributed by atoms with Crippen LogP contribution in [0.15, 0.2) is 29.8 Å². The van der Waals surface area contributed by atoms with Crippen LogP contribution in [0.2, 0.25) is 0 Å². The summed E-state index contributed by atoms with van der Waals surface area (Å²) in [7, 11) is 0. The predicted molar refractivity (Wildman–Crippen MR) is 120 cm³/mol. The molecule has 1 saturated heterocycles. The normalized spacial score (nSPS) is 22.2. The van der Waals surface area contributed by atoms with Gasteiger partial charge in [0.05, 0.1) is 28.2 Å². The summed E-state index contributed by atoms with van der Waals surface area (Å²) in [5.41, 5.74) is 11.0. The highest BCUT2D eigenvalue weighted by molar-refractivity contribution is 7.13. The van der Waals surface area contributed by atoms with Crippen molar-refractivity contribution >= 4 is 23.2 Å². The number of thiazole rings is 1. The van der Waals surface area contributed by atoms with E-state index in [-0.39, 0.29) is 24.8 Å². The second-order valence-electron chi connectivity index (χ2n) is 8.72. The fourth-order valence-corrected chi connectivity index (χ4v) is 5.18. The van der Waals surface area contributed by atoms with Gasteiger partial charge < -0.3 is 21.1 Å². The summed E-state index contributed by atoms with van der Waals surface area (Å²) < 4.78 is 0. The molecule has 7 nitrogen and oxygen atoms in total. The molecular weight excluding hydrogens is 412 g/mol. The quantitative estimate of drug-likeness (QED) is 0.609. The summed E-state index contributed by atoms with van der Waals surface area (Å²) in [5, 5.41) is 13.0. The van der Waals surface area contributed by atoms with E-state index in [2.05, 4.69) is 10.3 Å². The lowest BCUT2D eigenvalue weighted by Crippen LogP contribution is -2.51. The molecule has 1 aliphatic carbocycles. The lowest BCUT2D eigenvalue weighted by atomic mass is 9.81. The number of rotatable bonds is 7. The van der Waals surface area contributed by atoms with Gasteiger partial charge in [-0.15, -0.1) is 11.3 Å². The predicted octanol–water partition coefficient (Wildman–Crippen LogP) is 2.21. The summed E-state index contributed by atoms with van der Waals surface area (Å²) in [5.74, 6) is 0.0338. The van der Waals surface area contributed by atoms with E-state index in [9.17, 15) is 14.7 Å². The Balaban J connectivity index is 1.34. The topological polar surface area (TPSA) is 109 Å². The Morgan fingerprint density at radius 1 is 1.32 bits per heavy atom. The SMILES string of the molecule is Cc1ncsc1-c1ccc(CNC(=O)[C@@H]2C[C@@H](O)CN2C(=O)[C@@H](N)CC2CCC2)cc1. The zero-order chi connectivity index (χ0) is 22.0. The number of likely N-dealkylation sites (tertiary alicyclic amines) is 1. The molecule has 0 spiro atoms. The molecule has 1 aromatic carbocycles. The number of nitrogens with one attached hydrogen (secondary N) is 1. The van der Waals surface area contributed by atoms with Crippen molar-refractivity contribution in [3.63, 3.8) is 0 Å². The Labute approximate surface area is 186 Å². The fraction of sp³-hybridized carbons (Fsp3) is 0.522. The van der Waals surface area contributed by atoms with E-state index in [1.165, 1.54) is 11.3 Å². The molecule has 3 atom stereocenters. The number of hydrogen-bond donors (Lipinski definition) is 3. The van der Waals surface area contributed by atoms with E-state index in [1.807, 2.05) is 36.7 Å². The first kappa shape index (κ1) is 21.9. The second kappa shape index (κ2) is 9.46. The highest BCUT2D eigenvalue weighted by Gasteiger charge is 2.40. The molecule has 8 heteroatoms. The van der Waals surface area contributed by atoms with Crippen molar-refractivity contribution in [1.29, 1.82) is 0 Å². The number of carbonyl (C=O) groups is 2. The smallest absolute Gasteiger partial charge is 0.243 e. The molecule has 31 heavy (non-hydrogen) atoms. The van der Waals surface area contributed by atoms with Gasteiger partial charge in [-0.25, -0.2) is 4.98 Å². The van der Waals surface area contributed by atoms with E-state index in [0.29, 0.717) is 18.9 Å². The van der Waals surface area contributed by atoms with E-state index < -0.39 is 18.2 Å². The van der Waals surface area contributed by atoms with E-state index in [0.717, 1.165) is 34.5 Å². The number of hydrogen-bond acceptors (Lipinski definition) is 6. The highest BCUT2D eigenvalue weighted by Crippen LogP contribution is 2.31. The number of carbonyl (C=O) groups excluding carboxylic acids is 2. The van der Waals surface area contributed by atoms with Crippen molar-refractivity contribution in [1.82, 2.24) is 15.2 Å². The number of aliphatic hydroxyl groups is 1. The Hall–Kier alpha value is -2.29. The van der Waals surface area contributed by atoms with Crippen LogP contribution in [-0.2, 0) is 16.1 Å². The van der Waals surface area contributed by atoms with Crippen LogP contribution < -0.4 is 11.1 Å². The minimum absolute atomic E-state index is 0.165. The summed E-state index contributed by atoms with van der Waals surface area (Å²) in [6.07, 6.45) is 3.65. The average molecular weight is 443 g/mol. The standard InChI is InChI=1S/C23H30N4O3S/c1-14-21(31-13-26-14)17-7-5-16(6-8-17)11-25-22(29)20-10-18(28)12-27(20)23(30)19(24)9-15-3-2-4-15/h5-8,13,15,18-20,28H,2-4,9-12,24H2,1H3,(H,25,29)/t18-,19+,20+/m1/s1. The minimum atomic E-state index is -0.697. The van der Waals surface area contributed by atoms with Crippen LogP contribution in [0.5, 0.6) is 0 Å². The second-order valence-corrected chi connectivity index (χ2v) is 9.57. The highest BCUT2D eigenvalue weighted by atomic mass is 32.1. The van der Waals surface area contributed by atoms with Crippen LogP contribution >= 0.6 is 11.3 Å². The van der Waals surface area contributed by atoms with Gasteiger partial charge in [0.1, 0.15) is 6.04 Å². The van der Waals surface area contributed by atoms with Crippen LogP contribution in [0.3, 0.4) is 0 Å². The number of nitrogens with two attached hydrogens (primary N) is 1. The van der Waals surface area contributed by atoms with Crippen molar-refractivity contribution in [3.05, 3.63) is 41.0 Å². The zero-order valence-electron chi connectivity index (χ0n) is 17.8. The molecule has 2 fully saturated rings. The maximum Gasteiger partial charge on any atom is 0.243 e. The molecule has 1 aliphatic heterocycles. The van der Waals surface area contributed by atoms with Crippen molar-refractivity contribution < 1.29 is 14.7 Å². The first-order chi connectivity index (χ1) is 14.9. The van der Waals surface area contributed by atoms with E-state index >= 15 is 0 Å². The van der Waals surface area contributed by atoms with Gasteiger partial charge >= 0.3 is 0 Å². The molecule has 0 radical (unpaired) electrons.